The van der Waals surface area contributed by atoms with Gasteiger partial charge in [0, 0.05) is 25.2 Å². The number of nitrogens with zero attached hydrogens (tertiary/aromatic N) is 2. The highest BCUT2D eigenvalue weighted by atomic mass is 16.6. The van der Waals surface area contributed by atoms with Gasteiger partial charge in [-0.05, 0) is 37.9 Å². The first-order valence-corrected chi connectivity index (χ1v) is 7.34. The van der Waals surface area contributed by atoms with Crippen molar-refractivity contribution in [3.8, 4) is 0 Å². The fourth-order valence-electron chi connectivity index (χ4n) is 3.36. The zero-order chi connectivity index (χ0) is 14.9. The molecular weight excluding hydrogens is 270 g/mol. The maximum Gasteiger partial charge on any atom is 0.269 e. The van der Waals surface area contributed by atoms with Gasteiger partial charge < -0.3 is 10.2 Å². The number of hydrogen-bond donors (Lipinski definition) is 1. The highest BCUT2D eigenvalue weighted by molar-refractivity contribution is 5.85. The minimum absolute atomic E-state index is 0.0846. The van der Waals surface area contributed by atoms with E-state index < -0.39 is 4.92 Å². The second-order valence-corrected chi connectivity index (χ2v) is 5.93. The van der Waals surface area contributed by atoms with Crippen LogP contribution < -0.4 is 5.32 Å². The molecule has 3 rings (SSSR count). The molecule has 112 valence electrons. The summed E-state index contributed by atoms with van der Waals surface area (Å²) in [5.41, 5.74) is 0.868. The minimum atomic E-state index is -0.408. The molecule has 2 aliphatic heterocycles. The summed E-state index contributed by atoms with van der Waals surface area (Å²) in [5.74, 6) is 0.252. The number of piperidine rings is 1. The molecule has 0 unspecified atom stereocenters. The molecule has 6 nitrogen and oxygen atoms in total. The maximum atomic E-state index is 12.7. The third-order valence-electron chi connectivity index (χ3n) is 4.68. The Morgan fingerprint density at radius 3 is 2.48 bits per heavy atom. The van der Waals surface area contributed by atoms with Gasteiger partial charge in [0.1, 0.15) is 0 Å². The van der Waals surface area contributed by atoms with E-state index in [0.29, 0.717) is 6.54 Å². The molecule has 0 aliphatic carbocycles. The van der Waals surface area contributed by atoms with Crippen molar-refractivity contribution in [3.63, 3.8) is 0 Å². The Morgan fingerprint density at radius 1 is 1.19 bits per heavy atom. The van der Waals surface area contributed by atoms with Crippen LogP contribution in [0, 0.1) is 15.5 Å². The second kappa shape index (κ2) is 5.44. The largest absolute Gasteiger partial charge is 0.338 e. The van der Waals surface area contributed by atoms with Crippen molar-refractivity contribution in [3.05, 3.63) is 39.9 Å². The SMILES string of the molecule is O=C1N(Cc2ccc([N+](=O)[O-])cc2)CCC12CCNCC2. The van der Waals surface area contributed by atoms with Crippen LogP contribution in [0.25, 0.3) is 0 Å². The molecule has 0 aromatic heterocycles. The molecule has 2 heterocycles. The average molecular weight is 289 g/mol. The molecule has 2 aliphatic rings. The Labute approximate surface area is 123 Å². The predicted molar refractivity (Wildman–Crippen MR) is 77.7 cm³/mol. The molecule has 0 saturated carbocycles. The number of amides is 1. The van der Waals surface area contributed by atoms with Gasteiger partial charge in [-0.25, -0.2) is 0 Å². The van der Waals surface area contributed by atoms with Gasteiger partial charge in [-0.2, -0.15) is 0 Å². The molecule has 1 aromatic carbocycles. The van der Waals surface area contributed by atoms with Crippen molar-refractivity contribution in [1.29, 1.82) is 0 Å². The molecule has 1 aromatic rings. The first kappa shape index (κ1) is 14.0. The van der Waals surface area contributed by atoms with Crippen LogP contribution >= 0.6 is 0 Å². The molecule has 1 spiro atoms. The Hall–Kier alpha value is -1.95. The number of hydrogen-bond acceptors (Lipinski definition) is 4. The van der Waals surface area contributed by atoms with E-state index in [2.05, 4.69) is 5.32 Å². The Morgan fingerprint density at radius 2 is 1.86 bits per heavy atom. The molecule has 6 heteroatoms. The summed E-state index contributed by atoms with van der Waals surface area (Å²) in [6.45, 7) is 3.16. The normalized spacial score (nSPS) is 21.0. The topological polar surface area (TPSA) is 75.5 Å². The highest BCUT2D eigenvalue weighted by Crippen LogP contribution is 2.40. The highest BCUT2D eigenvalue weighted by Gasteiger charge is 2.46. The molecule has 1 amide bonds. The van der Waals surface area contributed by atoms with E-state index in [9.17, 15) is 14.9 Å². The zero-order valence-corrected chi connectivity index (χ0v) is 11.9. The van der Waals surface area contributed by atoms with E-state index in [-0.39, 0.29) is 17.0 Å². The van der Waals surface area contributed by atoms with Crippen molar-refractivity contribution in [2.24, 2.45) is 5.41 Å². The first-order chi connectivity index (χ1) is 10.1. The van der Waals surface area contributed by atoms with Crippen LogP contribution in [0.3, 0.4) is 0 Å². The van der Waals surface area contributed by atoms with E-state index in [4.69, 9.17) is 0 Å². The Bertz CT molecular complexity index is 550. The molecule has 1 N–H and O–H groups in total. The quantitative estimate of drug-likeness (QED) is 0.679. The van der Waals surface area contributed by atoms with Gasteiger partial charge in [-0.15, -0.1) is 0 Å². The monoisotopic (exact) mass is 289 g/mol. The summed E-state index contributed by atoms with van der Waals surface area (Å²) in [6, 6.07) is 6.46. The summed E-state index contributed by atoms with van der Waals surface area (Å²) in [6.07, 6.45) is 2.77. The lowest BCUT2D eigenvalue weighted by atomic mass is 9.78. The van der Waals surface area contributed by atoms with Crippen LogP contribution in [0.1, 0.15) is 24.8 Å². The van der Waals surface area contributed by atoms with Gasteiger partial charge in [0.2, 0.25) is 5.91 Å². The summed E-state index contributed by atoms with van der Waals surface area (Å²) in [4.78, 5) is 24.8. The predicted octanol–water partition coefficient (Wildman–Crippen LogP) is 1.70. The third kappa shape index (κ3) is 2.63. The number of likely N-dealkylation sites (tertiary alicyclic amines) is 1. The van der Waals surface area contributed by atoms with Gasteiger partial charge >= 0.3 is 0 Å². The van der Waals surface area contributed by atoms with Gasteiger partial charge in [0.15, 0.2) is 0 Å². The Balaban J connectivity index is 1.68. The van der Waals surface area contributed by atoms with E-state index in [1.165, 1.54) is 12.1 Å². The number of non-ortho nitro benzene ring substituents is 1. The number of carbonyl (C=O) groups excluding carboxylic acids is 1. The number of benzene rings is 1. The molecule has 0 atom stereocenters. The van der Waals surface area contributed by atoms with E-state index >= 15 is 0 Å². The van der Waals surface area contributed by atoms with Gasteiger partial charge in [0.25, 0.3) is 5.69 Å². The smallest absolute Gasteiger partial charge is 0.269 e. The average Bonchev–Trinajstić information content (AvgIpc) is 2.78. The van der Waals surface area contributed by atoms with E-state index in [1.807, 2.05) is 4.90 Å². The molecule has 0 radical (unpaired) electrons. The molecule has 2 fully saturated rings. The van der Waals surface area contributed by atoms with Gasteiger partial charge in [-0.1, -0.05) is 12.1 Å². The van der Waals surface area contributed by atoms with E-state index in [0.717, 1.165) is 44.5 Å². The van der Waals surface area contributed by atoms with Crippen molar-refractivity contribution in [2.45, 2.75) is 25.8 Å². The van der Waals surface area contributed by atoms with Crippen LogP contribution in [0.5, 0.6) is 0 Å². The van der Waals surface area contributed by atoms with Crippen LogP contribution in [-0.4, -0.2) is 35.4 Å². The summed E-state index contributed by atoms with van der Waals surface area (Å²) in [5, 5.41) is 13.9. The molecule has 21 heavy (non-hydrogen) atoms. The summed E-state index contributed by atoms with van der Waals surface area (Å²) < 4.78 is 0. The Kier molecular flexibility index (Phi) is 3.63. The summed E-state index contributed by atoms with van der Waals surface area (Å²) >= 11 is 0. The van der Waals surface area contributed by atoms with Crippen LogP contribution in [0.2, 0.25) is 0 Å². The number of rotatable bonds is 3. The third-order valence-corrected chi connectivity index (χ3v) is 4.68. The fourth-order valence-corrected chi connectivity index (χ4v) is 3.36. The van der Waals surface area contributed by atoms with Crippen LogP contribution in [-0.2, 0) is 11.3 Å². The second-order valence-electron chi connectivity index (χ2n) is 5.93. The number of nitro groups is 1. The van der Waals surface area contributed by atoms with Crippen molar-refractivity contribution >= 4 is 11.6 Å². The zero-order valence-electron chi connectivity index (χ0n) is 11.9. The molecule has 0 bridgehead atoms. The first-order valence-electron chi connectivity index (χ1n) is 7.34. The lowest BCUT2D eigenvalue weighted by Crippen LogP contribution is -2.42. The number of carbonyl (C=O) groups is 1. The number of nitro benzene ring substituents is 1. The standard InChI is InChI=1S/C15H19N3O3/c19-14-15(5-8-16-9-6-15)7-10-17(14)11-12-1-3-13(4-2-12)18(20)21/h1-4,16H,5-11H2. The van der Waals surface area contributed by atoms with E-state index in [1.54, 1.807) is 12.1 Å². The van der Waals surface area contributed by atoms with Crippen molar-refractivity contribution in [2.75, 3.05) is 19.6 Å². The maximum absolute atomic E-state index is 12.7. The van der Waals surface area contributed by atoms with Gasteiger partial charge in [-0.3, -0.25) is 14.9 Å². The fraction of sp³-hybridized carbons (Fsp3) is 0.533. The lowest BCUT2D eigenvalue weighted by molar-refractivity contribution is -0.384. The molecule has 2 saturated heterocycles. The van der Waals surface area contributed by atoms with Crippen molar-refractivity contribution in [1.82, 2.24) is 10.2 Å². The lowest BCUT2D eigenvalue weighted by Gasteiger charge is -2.32. The van der Waals surface area contributed by atoms with Crippen LogP contribution in [0.15, 0.2) is 24.3 Å². The van der Waals surface area contributed by atoms with Crippen molar-refractivity contribution < 1.29 is 9.72 Å². The minimum Gasteiger partial charge on any atom is -0.338 e. The number of nitrogens with one attached hydrogen (secondary N) is 1. The van der Waals surface area contributed by atoms with Gasteiger partial charge in [0.05, 0.1) is 10.3 Å². The summed E-state index contributed by atoms with van der Waals surface area (Å²) in [7, 11) is 0. The molecular formula is C15H19N3O3. The van der Waals surface area contributed by atoms with Crippen LogP contribution in [0.4, 0.5) is 5.69 Å².